The molecule has 0 aliphatic rings. The Kier molecular flexibility index (Phi) is 3.80. The molecule has 0 bridgehead atoms. The van der Waals surface area contributed by atoms with E-state index in [4.69, 9.17) is 9.84 Å². The lowest BCUT2D eigenvalue weighted by atomic mass is 10.2. The molecular weight excluding hydrogens is 269 g/mol. The number of carboxylic acid groups (broad SMARTS) is 1. The Labute approximate surface area is 113 Å². The van der Waals surface area contributed by atoms with E-state index in [1.807, 2.05) is 6.92 Å². The van der Waals surface area contributed by atoms with E-state index in [2.05, 4.69) is 4.98 Å². The minimum atomic E-state index is -0.991. The van der Waals surface area contributed by atoms with Gasteiger partial charge in [-0.15, -0.1) is 11.3 Å². The van der Waals surface area contributed by atoms with Crippen LogP contribution in [0, 0.1) is 5.82 Å². The summed E-state index contributed by atoms with van der Waals surface area (Å²) in [6, 6.07) is 4.35. The number of nitrogens with zero attached hydrogens (tertiary/aromatic N) is 1. The maximum absolute atomic E-state index is 13.3. The highest BCUT2D eigenvalue weighted by atomic mass is 32.1. The zero-order valence-corrected chi connectivity index (χ0v) is 11.3. The van der Waals surface area contributed by atoms with Gasteiger partial charge < -0.3 is 9.84 Å². The van der Waals surface area contributed by atoms with Crippen molar-refractivity contribution in [3.05, 3.63) is 34.6 Å². The SMILES string of the molecule is CCc1nc(-c2ccc(F)c(OC)c2)sc1C(=O)O. The average Bonchev–Trinajstić information content (AvgIpc) is 2.83. The highest BCUT2D eigenvalue weighted by molar-refractivity contribution is 7.17. The summed E-state index contributed by atoms with van der Waals surface area (Å²) in [6.45, 7) is 1.84. The number of ether oxygens (including phenoxy) is 1. The van der Waals surface area contributed by atoms with Gasteiger partial charge in [0, 0.05) is 5.56 Å². The first-order valence-corrected chi connectivity index (χ1v) is 6.45. The van der Waals surface area contributed by atoms with Crippen LogP contribution in [0.15, 0.2) is 18.2 Å². The second-order valence-electron chi connectivity index (χ2n) is 3.80. The zero-order valence-electron chi connectivity index (χ0n) is 10.4. The van der Waals surface area contributed by atoms with E-state index in [-0.39, 0.29) is 10.6 Å². The number of aryl methyl sites for hydroxylation is 1. The number of aromatic carboxylic acids is 1. The molecule has 0 fully saturated rings. The van der Waals surface area contributed by atoms with Crippen LogP contribution in [0.2, 0.25) is 0 Å². The summed E-state index contributed by atoms with van der Waals surface area (Å²) in [5.74, 6) is -1.34. The molecule has 100 valence electrons. The highest BCUT2D eigenvalue weighted by Gasteiger charge is 2.17. The third kappa shape index (κ3) is 2.58. The maximum atomic E-state index is 13.3. The largest absolute Gasteiger partial charge is 0.494 e. The van der Waals surface area contributed by atoms with Gasteiger partial charge >= 0.3 is 5.97 Å². The molecule has 2 aromatic rings. The standard InChI is InChI=1S/C13H12FNO3S/c1-3-9-11(13(16)17)19-12(15-9)7-4-5-8(14)10(6-7)18-2/h4-6H,3H2,1-2H3,(H,16,17). The molecule has 0 saturated carbocycles. The molecule has 4 nitrogen and oxygen atoms in total. The number of thiazole rings is 1. The van der Waals surface area contributed by atoms with E-state index in [1.54, 1.807) is 6.07 Å². The molecule has 0 atom stereocenters. The van der Waals surface area contributed by atoms with Crippen molar-refractivity contribution in [2.24, 2.45) is 0 Å². The van der Waals surface area contributed by atoms with Crippen molar-refractivity contribution in [1.29, 1.82) is 0 Å². The Morgan fingerprint density at radius 3 is 2.79 bits per heavy atom. The van der Waals surface area contributed by atoms with Gasteiger partial charge in [0.15, 0.2) is 11.6 Å². The van der Waals surface area contributed by atoms with Crippen LogP contribution in [0.4, 0.5) is 4.39 Å². The Balaban J connectivity index is 2.50. The molecule has 0 unspecified atom stereocenters. The fourth-order valence-corrected chi connectivity index (χ4v) is 2.66. The third-order valence-corrected chi connectivity index (χ3v) is 3.76. The molecule has 0 radical (unpaired) electrons. The van der Waals surface area contributed by atoms with Gasteiger partial charge in [0.1, 0.15) is 9.88 Å². The van der Waals surface area contributed by atoms with Gasteiger partial charge in [-0.05, 0) is 24.6 Å². The summed E-state index contributed by atoms with van der Waals surface area (Å²) in [4.78, 5) is 15.6. The first kappa shape index (κ1) is 13.5. The molecule has 19 heavy (non-hydrogen) atoms. The number of hydrogen-bond donors (Lipinski definition) is 1. The van der Waals surface area contributed by atoms with Crippen LogP contribution in [0.1, 0.15) is 22.3 Å². The van der Waals surface area contributed by atoms with Crippen LogP contribution in [0.25, 0.3) is 10.6 Å². The summed E-state index contributed by atoms with van der Waals surface area (Å²) < 4.78 is 18.2. The Morgan fingerprint density at radius 2 is 2.26 bits per heavy atom. The molecule has 1 aromatic heterocycles. The van der Waals surface area contributed by atoms with Crippen molar-refractivity contribution in [2.75, 3.05) is 7.11 Å². The van der Waals surface area contributed by atoms with Crippen molar-refractivity contribution in [1.82, 2.24) is 4.98 Å². The van der Waals surface area contributed by atoms with Crippen LogP contribution in [0.5, 0.6) is 5.75 Å². The number of halogens is 1. The van der Waals surface area contributed by atoms with Gasteiger partial charge in [0.25, 0.3) is 0 Å². The first-order chi connectivity index (χ1) is 9.06. The maximum Gasteiger partial charge on any atom is 0.347 e. The first-order valence-electron chi connectivity index (χ1n) is 5.63. The molecule has 6 heteroatoms. The molecule has 0 spiro atoms. The van der Waals surface area contributed by atoms with Crippen molar-refractivity contribution < 1.29 is 19.0 Å². The lowest BCUT2D eigenvalue weighted by molar-refractivity contribution is 0.0701. The summed E-state index contributed by atoms with van der Waals surface area (Å²) in [6.07, 6.45) is 0.538. The van der Waals surface area contributed by atoms with E-state index in [9.17, 15) is 9.18 Å². The quantitative estimate of drug-likeness (QED) is 0.934. The van der Waals surface area contributed by atoms with Gasteiger partial charge in [-0.25, -0.2) is 14.2 Å². The smallest absolute Gasteiger partial charge is 0.347 e. The van der Waals surface area contributed by atoms with Gasteiger partial charge in [0.05, 0.1) is 12.8 Å². The van der Waals surface area contributed by atoms with Crippen LogP contribution < -0.4 is 4.74 Å². The molecule has 0 aliphatic heterocycles. The number of rotatable bonds is 4. The number of methoxy groups -OCH3 is 1. The predicted octanol–water partition coefficient (Wildman–Crippen LogP) is 3.22. The van der Waals surface area contributed by atoms with Crippen molar-refractivity contribution in [2.45, 2.75) is 13.3 Å². The van der Waals surface area contributed by atoms with Crippen molar-refractivity contribution in [3.8, 4) is 16.3 Å². The van der Waals surface area contributed by atoms with Crippen LogP contribution >= 0.6 is 11.3 Å². The monoisotopic (exact) mass is 281 g/mol. The second kappa shape index (κ2) is 5.36. The Bertz CT molecular complexity index is 624. The predicted molar refractivity (Wildman–Crippen MR) is 70.4 cm³/mol. The molecule has 0 saturated heterocycles. The lowest BCUT2D eigenvalue weighted by Crippen LogP contribution is -1.97. The van der Waals surface area contributed by atoms with Crippen molar-refractivity contribution in [3.63, 3.8) is 0 Å². The molecular formula is C13H12FNO3S. The molecule has 1 heterocycles. The average molecular weight is 281 g/mol. The molecule has 2 rings (SSSR count). The number of hydrogen-bond acceptors (Lipinski definition) is 4. The number of aromatic nitrogens is 1. The van der Waals surface area contributed by atoms with E-state index < -0.39 is 11.8 Å². The van der Waals surface area contributed by atoms with E-state index >= 15 is 0 Å². The summed E-state index contributed by atoms with van der Waals surface area (Å²) in [5, 5.41) is 9.64. The summed E-state index contributed by atoms with van der Waals surface area (Å²) in [7, 11) is 1.38. The third-order valence-electron chi connectivity index (χ3n) is 2.62. The minimum absolute atomic E-state index is 0.114. The highest BCUT2D eigenvalue weighted by Crippen LogP contribution is 2.31. The Morgan fingerprint density at radius 1 is 1.53 bits per heavy atom. The van der Waals surface area contributed by atoms with Gasteiger partial charge in [0.2, 0.25) is 0 Å². The number of carbonyl (C=O) groups is 1. The summed E-state index contributed by atoms with van der Waals surface area (Å²) in [5.41, 5.74) is 1.18. The Hall–Kier alpha value is -1.95. The van der Waals surface area contributed by atoms with Crippen molar-refractivity contribution >= 4 is 17.3 Å². The minimum Gasteiger partial charge on any atom is -0.494 e. The summed E-state index contributed by atoms with van der Waals surface area (Å²) >= 11 is 1.08. The fourth-order valence-electron chi connectivity index (χ4n) is 1.67. The van der Waals surface area contributed by atoms with E-state index in [1.165, 1.54) is 19.2 Å². The molecule has 1 aromatic carbocycles. The fraction of sp³-hybridized carbons (Fsp3) is 0.231. The van der Waals surface area contributed by atoms with Gasteiger partial charge in [-0.2, -0.15) is 0 Å². The zero-order chi connectivity index (χ0) is 14.0. The van der Waals surface area contributed by atoms with Gasteiger partial charge in [-0.1, -0.05) is 6.92 Å². The van der Waals surface area contributed by atoms with E-state index in [0.29, 0.717) is 22.7 Å². The number of carboxylic acids is 1. The molecule has 0 aliphatic carbocycles. The number of benzene rings is 1. The van der Waals surface area contributed by atoms with Crippen LogP contribution in [-0.2, 0) is 6.42 Å². The second-order valence-corrected chi connectivity index (χ2v) is 4.80. The van der Waals surface area contributed by atoms with Gasteiger partial charge in [-0.3, -0.25) is 0 Å². The van der Waals surface area contributed by atoms with Crippen LogP contribution in [0.3, 0.4) is 0 Å². The van der Waals surface area contributed by atoms with E-state index in [0.717, 1.165) is 11.3 Å². The molecule has 0 amide bonds. The molecule has 1 N–H and O–H groups in total. The lowest BCUT2D eigenvalue weighted by Gasteiger charge is -2.03. The topological polar surface area (TPSA) is 59.4 Å². The van der Waals surface area contributed by atoms with Crippen LogP contribution in [-0.4, -0.2) is 23.2 Å². The normalized spacial score (nSPS) is 10.5.